The largest absolute Gasteiger partial charge is 0.369 e. The number of hydrogen-bond acceptors (Lipinski definition) is 2. The zero-order chi connectivity index (χ0) is 12.5. The van der Waals surface area contributed by atoms with Crippen molar-refractivity contribution < 1.29 is 8.78 Å². The zero-order valence-corrected chi connectivity index (χ0v) is 10.3. The van der Waals surface area contributed by atoms with Gasteiger partial charge in [-0.1, -0.05) is 0 Å². The van der Waals surface area contributed by atoms with E-state index in [9.17, 15) is 8.78 Å². The van der Waals surface area contributed by atoms with Crippen LogP contribution >= 0.6 is 0 Å². The number of nitrogens with one attached hydrogen (secondary N) is 1. The van der Waals surface area contributed by atoms with Crippen LogP contribution in [0.5, 0.6) is 0 Å². The number of hydrogen-bond donors (Lipinski definition) is 1. The highest BCUT2D eigenvalue weighted by atomic mass is 19.1. The van der Waals surface area contributed by atoms with E-state index in [-0.39, 0.29) is 11.6 Å². The lowest BCUT2D eigenvalue weighted by molar-refractivity contribution is 0.410. The SMILES string of the molecule is Fc1ccc(F)c(N2CCC(NC3CC3)CC2)c1. The Morgan fingerprint density at radius 3 is 2.33 bits per heavy atom. The Labute approximate surface area is 106 Å². The minimum Gasteiger partial charge on any atom is -0.369 e. The fourth-order valence-electron chi connectivity index (χ4n) is 2.60. The molecular formula is C14H18F2N2. The van der Waals surface area contributed by atoms with Crippen molar-refractivity contribution in [1.82, 2.24) is 5.32 Å². The predicted octanol–water partition coefficient (Wildman–Crippen LogP) is 2.69. The van der Waals surface area contributed by atoms with Gasteiger partial charge in [0.25, 0.3) is 0 Å². The maximum atomic E-state index is 13.6. The van der Waals surface area contributed by atoms with Crippen molar-refractivity contribution >= 4 is 5.69 Å². The van der Waals surface area contributed by atoms with Crippen molar-refractivity contribution in [3.63, 3.8) is 0 Å². The van der Waals surface area contributed by atoms with Crippen molar-refractivity contribution in [1.29, 1.82) is 0 Å². The molecule has 4 heteroatoms. The van der Waals surface area contributed by atoms with Gasteiger partial charge in [-0.05, 0) is 37.8 Å². The minimum atomic E-state index is -0.371. The van der Waals surface area contributed by atoms with Gasteiger partial charge in [0.1, 0.15) is 11.6 Å². The van der Waals surface area contributed by atoms with Gasteiger partial charge in [0, 0.05) is 31.2 Å². The van der Waals surface area contributed by atoms with Gasteiger partial charge in [0.2, 0.25) is 0 Å². The minimum absolute atomic E-state index is 0.329. The predicted molar refractivity (Wildman–Crippen MR) is 67.8 cm³/mol. The standard InChI is InChI=1S/C14H18F2N2/c15-10-1-4-13(16)14(9-10)18-7-5-12(6-8-18)17-11-2-3-11/h1,4,9,11-12,17H,2-3,5-8H2. The van der Waals surface area contributed by atoms with Crippen molar-refractivity contribution in [3.8, 4) is 0 Å². The molecule has 0 aromatic heterocycles. The maximum absolute atomic E-state index is 13.6. The highest BCUT2D eigenvalue weighted by molar-refractivity contribution is 5.48. The lowest BCUT2D eigenvalue weighted by atomic mass is 10.0. The van der Waals surface area contributed by atoms with Crippen LogP contribution in [0.15, 0.2) is 18.2 Å². The molecule has 1 heterocycles. The Balaban J connectivity index is 1.62. The Kier molecular flexibility index (Phi) is 3.20. The first-order chi connectivity index (χ1) is 8.72. The molecule has 2 fully saturated rings. The summed E-state index contributed by atoms with van der Waals surface area (Å²) in [5.41, 5.74) is 0.403. The van der Waals surface area contributed by atoms with Gasteiger partial charge < -0.3 is 10.2 Å². The second kappa shape index (κ2) is 4.84. The van der Waals surface area contributed by atoms with E-state index >= 15 is 0 Å². The molecule has 1 aromatic carbocycles. The number of halogens is 2. The first kappa shape index (κ1) is 11.9. The second-order valence-corrected chi connectivity index (χ2v) is 5.30. The third-order valence-corrected chi connectivity index (χ3v) is 3.79. The number of rotatable bonds is 3. The van der Waals surface area contributed by atoms with Crippen LogP contribution in [-0.4, -0.2) is 25.2 Å². The van der Waals surface area contributed by atoms with Crippen LogP contribution in [0.2, 0.25) is 0 Å². The average molecular weight is 252 g/mol. The Morgan fingerprint density at radius 1 is 1.00 bits per heavy atom. The van der Waals surface area contributed by atoms with Crippen molar-refractivity contribution in [2.24, 2.45) is 0 Å². The van der Waals surface area contributed by atoms with E-state index in [1.54, 1.807) is 0 Å². The number of nitrogens with zero attached hydrogens (tertiary/aromatic N) is 1. The van der Waals surface area contributed by atoms with E-state index in [0.717, 1.165) is 25.9 Å². The van der Waals surface area contributed by atoms with Gasteiger partial charge in [0.05, 0.1) is 5.69 Å². The summed E-state index contributed by atoms with van der Waals surface area (Å²) in [5, 5.41) is 3.60. The van der Waals surface area contributed by atoms with E-state index in [0.29, 0.717) is 17.8 Å². The number of piperidine rings is 1. The molecule has 98 valence electrons. The van der Waals surface area contributed by atoms with Crippen LogP contribution in [-0.2, 0) is 0 Å². The Bertz CT molecular complexity index is 424. The fourth-order valence-corrected chi connectivity index (χ4v) is 2.60. The molecule has 0 radical (unpaired) electrons. The Morgan fingerprint density at radius 2 is 1.67 bits per heavy atom. The topological polar surface area (TPSA) is 15.3 Å². The molecule has 1 aliphatic carbocycles. The third kappa shape index (κ3) is 2.64. The van der Waals surface area contributed by atoms with E-state index in [4.69, 9.17) is 0 Å². The maximum Gasteiger partial charge on any atom is 0.146 e. The molecule has 0 bridgehead atoms. The lowest BCUT2D eigenvalue weighted by Crippen LogP contribution is -2.43. The summed E-state index contributed by atoms with van der Waals surface area (Å²) in [4.78, 5) is 1.95. The van der Waals surface area contributed by atoms with Crippen molar-refractivity contribution in [2.75, 3.05) is 18.0 Å². The number of anilines is 1. The molecule has 0 atom stereocenters. The van der Waals surface area contributed by atoms with Crippen LogP contribution < -0.4 is 10.2 Å². The van der Waals surface area contributed by atoms with Gasteiger partial charge in [0.15, 0.2) is 0 Å². The van der Waals surface area contributed by atoms with E-state index < -0.39 is 0 Å². The van der Waals surface area contributed by atoms with Crippen molar-refractivity contribution in [3.05, 3.63) is 29.8 Å². The van der Waals surface area contributed by atoms with Crippen molar-refractivity contribution in [2.45, 2.75) is 37.8 Å². The molecule has 1 aromatic rings. The summed E-state index contributed by atoms with van der Waals surface area (Å²) in [7, 11) is 0. The molecule has 2 aliphatic rings. The molecule has 0 unspecified atom stereocenters. The van der Waals surface area contributed by atoms with Gasteiger partial charge in [-0.2, -0.15) is 0 Å². The normalized spacial score (nSPS) is 21.3. The molecule has 1 saturated heterocycles. The van der Waals surface area contributed by atoms with Crippen LogP contribution in [0.25, 0.3) is 0 Å². The van der Waals surface area contributed by atoms with Crippen LogP contribution in [0.1, 0.15) is 25.7 Å². The summed E-state index contributed by atoms with van der Waals surface area (Å²) in [5.74, 6) is -0.699. The molecule has 1 N–H and O–H groups in total. The quantitative estimate of drug-likeness (QED) is 0.889. The van der Waals surface area contributed by atoms with Gasteiger partial charge in [-0.25, -0.2) is 8.78 Å². The summed E-state index contributed by atoms with van der Waals surface area (Å²) in [6.07, 6.45) is 4.59. The smallest absolute Gasteiger partial charge is 0.146 e. The lowest BCUT2D eigenvalue weighted by Gasteiger charge is -2.34. The van der Waals surface area contributed by atoms with Gasteiger partial charge in [-0.3, -0.25) is 0 Å². The van der Waals surface area contributed by atoms with E-state index in [2.05, 4.69) is 5.32 Å². The van der Waals surface area contributed by atoms with Crippen LogP contribution in [0, 0.1) is 11.6 Å². The monoisotopic (exact) mass is 252 g/mol. The fraction of sp³-hybridized carbons (Fsp3) is 0.571. The molecular weight excluding hydrogens is 234 g/mol. The number of benzene rings is 1. The third-order valence-electron chi connectivity index (χ3n) is 3.79. The van der Waals surface area contributed by atoms with Crippen LogP contribution in [0.3, 0.4) is 0 Å². The molecule has 2 nitrogen and oxygen atoms in total. The highest BCUT2D eigenvalue weighted by Gasteiger charge is 2.27. The second-order valence-electron chi connectivity index (χ2n) is 5.30. The summed E-state index contributed by atoms with van der Waals surface area (Å²) >= 11 is 0. The summed E-state index contributed by atoms with van der Waals surface area (Å²) in [6, 6.07) is 4.93. The average Bonchev–Trinajstić information content (AvgIpc) is 3.17. The Hall–Kier alpha value is -1.16. The van der Waals surface area contributed by atoms with Gasteiger partial charge in [-0.15, -0.1) is 0 Å². The molecule has 18 heavy (non-hydrogen) atoms. The zero-order valence-electron chi connectivity index (χ0n) is 10.3. The molecule has 3 rings (SSSR count). The molecule has 1 aliphatic heterocycles. The van der Waals surface area contributed by atoms with E-state index in [1.807, 2.05) is 4.90 Å². The van der Waals surface area contributed by atoms with E-state index in [1.165, 1.54) is 31.0 Å². The molecule has 0 spiro atoms. The summed E-state index contributed by atoms with van der Waals surface area (Å²) < 4.78 is 26.8. The van der Waals surface area contributed by atoms with Crippen LogP contribution in [0.4, 0.5) is 14.5 Å². The molecule has 1 saturated carbocycles. The highest BCUT2D eigenvalue weighted by Crippen LogP contribution is 2.26. The van der Waals surface area contributed by atoms with Gasteiger partial charge >= 0.3 is 0 Å². The first-order valence-electron chi connectivity index (χ1n) is 6.68. The molecule has 0 amide bonds. The summed E-state index contributed by atoms with van der Waals surface area (Å²) in [6.45, 7) is 1.59. The first-order valence-corrected chi connectivity index (χ1v) is 6.68.